The second kappa shape index (κ2) is 6.33. The first-order valence-corrected chi connectivity index (χ1v) is 9.67. The van der Waals surface area contributed by atoms with E-state index in [-0.39, 0.29) is 21.5 Å². The smallest absolute Gasteiger partial charge is 0.257 e. The highest BCUT2D eigenvalue weighted by atomic mass is 35.5. The first kappa shape index (κ1) is 18.5. The molecule has 0 radical (unpaired) electrons. The van der Waals surface area contributed by atoms with Gasteiger partial charge in [-0.15, -0.1) is 0 Å². The molecule has 4 rings (SSSR count). The molecule has 2 aromatic rings. The van der Waals surface area contributed by atoms with Gasteiger partial charge >= 0.3 is 0 Å². The number of benzene rings is 1. The Morgan fingerprint density at radius 1 is 1.15 bits per heavy atom. The van der Waals surface area contributed by atoms with E-state index in [9.17, 15) is 9.59 Å². The zero-order chi connectivity index (χ0) is 19.5. The van der Waals surface area contributed by atoms with Gasteiger partial charge in [0.1, 0.15) is 5.82 Å². The zero-order valence-electron chi connectivity index (χ0n) is 14.7. The number of carbonyl (C=O) groups excluding carboxylic acids is 1. The number of rotatable bonds is 1. The molecular formula is C19H17Cl2N3O2S. The lowest BCUT2D eigenvalue weighted by molar-refractivity contribution is -0.118. The molecule has 2 heterocycles. The van der Waals surface area contributed by atoms with E-state index in [4.69, 9.17) is 35.4 Å². The maximum atomic E-state index is 13.1. The van der Waals surface area contributed by atoms with Gasteiger partial charge < -0.3 is 10.3 Å². The van der Waals surface area contributed by atoms with Crippen LogP contribution in [0, 0.1) is 10.2 Å². The predicted molar refractivity (Wildman–Crippen MR) is 109 cm³/mol. The molecule has 2 aliphatic rings. The molecule has 0 unspecified atom stereocenters. The van der Waals surface area contributed by atoms with Gasteiger partial charge in [0.05, 0.1) is 5.56 Å². The molecule has 1 aromatic heterocycles. The normalized spacial score (nSPS) is 20.7. The van der Waals surface area contributed by atoms with Crippen molar-refractivity contribution in [2.45, 2.75) is 32.6 Å². The summed E-state index contributed by atoms with van der Waals surface area (Å²) in [7, 11) is 0. The largest absolute Gasteiger partial charge is 0.344 e. The lowest BCUT2D eigenvalue weighted by Crippen LogP contribution is -2.37. The molecule has 3 N–H and O–H groups in total. The number of hydrogen-bond acceptors (Lipinski definition) is 4. The van der Waals surface area contributed by atoms with E-state index in [2.05, 4.69) is 29.1 Å². The Labute approximate surface area is 170 Å². The number of nitrogens with one attached hydrogen (secondary N) is 3. The molecule has 1 aromatic carbocycles. The van der Waals surface area contributed by atoms with E-state index >= 15 is 0 Å². The summed E-state index contributed by atoms with van der Waals surface area (Å²) in [4.78, 5) is 31.5. The van der Waals surface area contributed by atoms with Crippen LogP contribution in [0.4, 0.5) is 5.82 Å². The van der Waals surface area contributed by atoms with Crippen molar-refractivity contribution in [2.75, 3.05) is 5.32 Å². The van der Waals surface area contributed by atoms with Crippen LogP contribution < -0.4 is 10.9 Å². The van der Waals surface area contributed by atoms with E-state index in [1.54, 1.807) is 18.2 Å². The van der Waals surface area contributed by atoms with Gasteiger partial charge in [0.2, 0.25) is 0 Å². The maximum Gasteiger partial charge on any atom is 0.257 e. The van der Waals surface area contributed by atoms with E-state index in [0.717, 1.165) is 5.70 Å². The molecule has 0 bridgehead atoms. The number of allylic oxidation sites excluding steroid dienone is 2. The molecular weight excluding hydrogens is 405 g/mol. The van der Waals surface area contributed by atoms with Crippen LogP contribution in [0.2, 0.25) is 10.0 Å². The van der Waals surface area contributed by atoms with Crippen molar-refractivity contribution in [3.8, 4) is 0 Å². The molecule has 1 aliphatic carbocycles. The van der Waals surface area contributed by atoms with Gasteiger partial charge in [-0.2, -0.15) is 0 Å². The number of aromatic nitrogens is 2. The summed E-state index contributed by atoms with van der Waals surface area (Å²) < 4.78 is 0.220. The Bertz CT molecular complexity index is 1130. The number of H-pyrrole nitrogens is 2. The van der Waals surface area contributed by atoms with Crippen LogP contribution in [0.15, 0.2) is 34.3 Å². The minimum Gasteiger partial charge on any atom is -0.344 e. The fraction of sp³-hybridized carbons (Fsp3) is 0.316. The van der Waals surface area contributed by atoms with Gasteiger partial charge in [0.25, 0.3) is 5.56 Å². The van der Waals surface area contributed by atoms with Crippen molar-refractivity contribution in [3.63, 3.8) is 0 Å². The van der Waals surface area contributed by atoms with Crippen molar-refractivity contribution in [3.05, 3.63) is 65.8 Å². The lowest BCUT2D eigenvalue weighted by atomic mass is 9.69. The Morgan fingerprint density at radius 3 is 2.59 bits per heavy atom. The topological polar surface area (TPSA) is 77.8 Å². The van der Waals surface area contributed by atoms with Crippen LogP contribution in [-0.4, -0.2) is 15.8 Å². The van der Waals surface area contributed by atoms with E-state index < -0.39 is 5.92 Å². The number of Topliss-reactive ketones (excluding diaryl/α,β-unsaturated/α-hetero) is 1. The summed E-state index contributed by atoms with van der Waals surface area (Å²) in [5, 5.41) is 4.14. The molecule has 1 aliphatic heterocycles. The Morgan fingerprint density at radius 2 is 1.89 bits per heavy atom. The number of anilines is 1. The lowest BCUT2D eigenvalue weighted by Gasteiger charge is -2.38. The monoisotopic (exact) mass is 421 g/mol. The third kappa shape index (κ3) is 3.16. The fourth-order valence-corrected chi connectivity index (χ4v) is 4.71. The quantitative estimate of drug-likeness (QED) is 0.569. The highest BCUT2D eigenvalue weighted by Crippen LogP contribution is 2.48. The highest BCUT2D eigenvalue weighted by Gasteiger charge is 2.42. The predicted octanol–water partition coefficient (Wildman–Crippen LogP) is 4.94. The van der Waals surface area contributed by atoms with Crippen LogP contribution >= 0.6 is 35.4 Å². The summed E-state index contributed by atoms with van der Waals surface area (Å²) in [5.41, 5.74) is 1.94. The average Bonchev–Trinajstić information content (AvgIpc) is 2.51. The molecule has 8 heteroatoms. The SMILES string of the molecule is CC1(C)CC(=O)C2=C(C1)Nc1[nH]c(=S)[nH]c(=O)c1[C@@H]2c1ccc(Cl)cc1Cl. The van der Waals surface area contributed by atoms with Crippen molar-refractivity contribution < 1.29 is 4.79 Å². The van der Waals surface area contributed by atoms with Gasteiger partial charge in [0, 0.05) is 33.7 Å². The standard InChI is InChI=1S/C19H17Cl2N3O2S/c1-19(2)6-11-14(12(25)7-19)13(9-4-3-8(20)5-10(9)21)15-16(22-11)23-18(27)24-17(15)26/h3-5,13H,6-7H2,1-2H3,(H3,22,23,24,26,27)/t13-/m1/s1. The number of halogens is 2. The number of aromatic amines is 2. The average molecular weight is 422 g/mol. The van der Waals surface area contributed by atoms with Crippen molar-refractivity contribution >= 4 is 47.0 Å². The summed E-state index contributed by atoms with van der Waals surface area (Å²) in [6, 6.07) is 5.10. The van der Waals surface area contributed by atoms with Gasteiger partial charge in [-0.3, -0.25) is 14.6 Å². The summed E-state index contributed by atoms with van der Waals surface area (Å²) in [6.07, 6.45) is 1.09. The third-order valence-electron chi connectivity index (χ3n) is 5.03. The van der Waals surface area contributed by atoms with Crippen molar-refractivity contribution in [1.29, 1.82) is 0 Å². The summed E-state index contributed by atoms with van der Waals surface area (Å²) >= 11 is 17.6. The second-order valence-corrected chi connectivity index (χ2v) is 9.01. The highest BCUT2D eigenvalue weighted by molar-refractivity contribution is 7.71. The summed E-state index contributed by atoms with van der Waals surface area (Å²) in [5.74, 6) is -0.0681. The molecule has 1 atom stereocenters. The van der Waals surface area contributed by atoms with Gasteiger partial charge in [-0.05, 0) is 41.7 Å². The van der Waals surface area contributed by atoms with Crippen molar-refractivity contribution in [2.24, 2.45) is 5.41 Å². The van der Waals surface area contributed by atoms with Crippen LogP contribution in [0.1, 0.15) is 43.7 Å². The molecule has 0 spiro atoms. The second-order valence-electron chi connectivity index (χ2n) is 7.75. The van der Waals surface area contributed by atoms with E-state index in [1.807, 2.05) is 0 Å². The molecule has 140 valence electrons. The van der Waals surface area contributed by atoms with Gasteiger partial charge in [-0.1, -0.05) is 43.1 Å². The minimum atomic E-state index is -0.583. The van der Waals surface area contributed by atoms with Crippen LogP contribution in [0.25, 0.3) is 0 Å². The van der Waals surface area contributed by atoms with E-state index in [0.29, 0.717) is 45.4 Å². The van der Waals surface area contributed by atoms with Crippen LogP contribution in [0.5, 0.6) is 0 Å². The molecule has 0 saturated carbocycles. The molecule has 5 nitrogen and oxygen atoms in total. The minimum absolute atomic E-state index is 0.0114. The van der Waals surface area contributed by atoms with Crippen LogP contribution in [0.3, 0.4) is 0 Å². The Kier molecular flexibility index (Phi) is 4.33. The molecule has 27 heavy (non-hydrogen) atoms. The summed E-state index contributed by atoms with van der Waals surface area (Å²) in [6.45, 7) is 4.10. The van der Waals surface area contributed by atoms with Crippen molar-refractivity contribution in [1.82, 2.24) is 9.97 Å². The Hall–Kier alpha value is -1.89. The number of carbonyl (C=O) groups is 1. The number of ketones is 1. The maximum absolute atomic E-state index is 13.1. The van der Waals surface area contributed by atoms with Gasteiger partial charge in [0.15, 0.2) is 10.6 Å². The number of hydrogen-bond donors (Lipinski definition) is 3. The number of fused-ring (bicyclic) bond motifs is 1. The fourth-order valence-electron chi connectivity index (χ4n) is 3.99. The molecule has 0 fully saturated rings. The molecule has 0 amide bonds. The first-order valence-electron chi connectivity index (χ1n) is 8.51. The third-order valence-corrected chi connectivity index (χ3v) is 5.79. The zero-order valence-corrected chi connectivity index (χ0v) is 17.0. The van der Waals surface area contributed by atoms with Gasteiger partial charge in [-0.25, -0.2) is 0 Å². The first-order chi connectivity index (χ1) is 12.7. The molecule has 0 saturated heterocycles. The van der Waals surface area contributed by atoms with Crippen LogP contribution in [-0.2, 0) is 4.79 Å². The Balaban J connectivity index is 2.04. The van der Waals surface area contributed by atoms with E-state index in [1.165, 1.54) is 0 Å².